The molecule has 0 bridgehead atoms. The van der Waals surface area contributed by atoms with Gasteiger partial charge >= 0.3 is 0 Å². The van der Waals surface area contributed by atoms with E-state index in [2.05, 4.69) is 10.4 Å². The van der Waals surface area contributed by atoms with Crippen molar-refractivity contribution in [1.82, 2.24) is 15.1 Å². The molecule has 1 amide bonds. The summed E-state index contributed by atoms with van der Waals surface area (Å²) in [7, 11) is 1.78. The van der Waals surface area contributed by atoms with E-state index in [0.29, 0.717) is 5.56 Å². The van der Waals surface area contributed by atoms with E-state index in [9.17, 15) is 4.79 Å². The van der Waals surface area contributed by atoms with E-state index in [-0.39, 0.29) is 11.9 Å². The third-order valence-corrected chi connectivity index (χ3v) is 3.75. The smallest absolute Gasteiger partial charge is 0.254 e. The lowest BCUT2D eigenvalue weighted by atomic mass is 10.2. The maximum Gasteiger partial charge on any atom is 0.254 e. The minimum Gasteiger partial charge on any atom is -0.345 e. The predicted octanol–water partition coefficient (Wildman–Crippen LogP) is 2.63. The number of carbonyl (C=O) groups excluding carboxylic acids is 1. The standard InChI is InChI=1S/C11H12ClN3OS/c1-7(9-3-4-10(12)17-9)14-11(16)8-5-13-15(2)6-8/h3-7H,1-2H3,(H,14,16)/t7-/m1/s1. The number of nitrogens with one attached hydrogen (secondary N) is 1. The third kappa shape index (κ3) is 2.87. The van der Waals surface area contributed by atoms with Gasteiger partial charge in [-0.15, -0.1) is 11.3 Å². The van der Waals surface area contributed by atoms with Gasteiger partial charge in [-0.25, -0.2) is 0 Å². The van der Waals surface area contributed by atoms with Gasteiger partial charge in [-0.3, -0.25) is 9.48 Å². The summed E-state index contributed by atoms with van der Waals surface area (Å²) >= 11 is 7.32. The molecule has 2 aromatic rings. The second-order valence-electron chi connectivity index (χ2n) is 3.74. The van der Waals surface area contributed by atoms with Crippen molar-refractivity contribution in [1.29, 1.82) is 0 Å². The molecule has 0 radical (unpaired) electrons. The van der Waals surface area contributed by atoms with Crippen LogP contribution in [0.3, 0.4) is 0 Å². The maximum atomic E-state index is 11.9. The molecule has 2 rings (SSSR count). The second-order valence-corrected chi connectivity index (χ2v) is 5.49. The van der Waals surface area contributed by atoms with Gasteiger partial charge in [0.2, 0.25) is 0 Å². The van der Waals surface area contributed by atoms with Crippen LogP contribution >= 0.6 is 22.9 Å². The molecule has 0 saturated heterocycles. The molecule has 6 heteroatoms. The number of hydrogen-bond donors (Lipinski definition) is 1. The molecule has 90 valence electrons. The van der Waals surface area contributed by atoms with Crippen molar-refractivity contribution >= 4 is 28.8 Å². The van der Waals surface area contributed by atoms with Crippen LogP contribution in [0.2, 0.25) is 4.34 Å². The van der Waals surface area contributed by atoms with Crippen molar-refractivity contribution < 1.29 is 4.79 Å². The summed E-state index contributed by atoms with van der Waals surface area (Å²) in [5.41, 5.74) is 0.557. The zero-order valence-corrected chi connectivity index (χ0v) is 11.0. The molecule has 0 aliphatic rings. The number of amides is 1. The predicted molar refractivity (Wildman–Crippen MR) is 68.4 cm³/mol. The average Bonchev–Trinajstić information content (AvgIpc) is 2.87. The van der Waals surface area contributed by atoms with E-state index in [4.69, 9.17) is 11.6 Å². The second kappa shape index (κ2) is 4.89. The van der Waals surface area contributed by atoms with Gasteiger partial charge in [0.05, 0.1) is 22.1 Å². The number of thiophene rings is 1. The largest absolute Gasteiger partial charge is 0.345 e. The van der Waals surface area contributed by atoms with E-state index in [1.54, 1.807) is 24.1 Å². The SMILES string of the molecule is C[C@@H](NC(=O)c1cnn(C)c1)c1ccc(Cl)s1. The quantitative estimate of drug-likeness (QED) is 0.931. The molecule has 2 aromatic heterocycles. The van der Waals surface area contributed by atoms with Crippen molar-refractivity contribution in [2.75, 3.05) is 0 Å². The first kappa shape index (κ1) is 12.1. The summed E-state index contributed by atoms with van der Waals surface area (Å²) in [6, 6.07) is 3.69. The van der Waals surface area contributed by atoms with Crippen molar-refractivity contribution in [2.24, 2.45) is 7.05 Å². The summed E-state index contributed by atoms with van der Waals surface area (Å²) in [5, 5.41) is 6.86. The highest BCUT2D eigenvalue weighted by atomic mass is 35.5. The van der Waals surface area contributed by atoms with Gasteiger partial charge in [-0.1, -0.05) is 11.6 Å². The fourth-order valence-corrected chi connectivity index (χ4v) is 2.51. The van der Waals surface area contributed by atoms with Crippen LogP contribution in [0.5, 0.6) is 0 Å². The molecule has 0 fully saturated rings. The number of aryl methyl sites for hydroxylation is 1. The number of rotatable bonds is 3. The first-order valence-electron chi connectivity index (χ1n) is 5.11. The van der Waals surface area contributed by atoms with Crippen LogP contribution in [-0.2, 0) is 7.05 Å². The van der Waals surface area contributed by atoms with Crippen LogP contribution < -0.4 is 5.32 Å². The third-order valence-electron chi connectivity index (χ3n) is 2.34. The van der Waals surface area contributed by atoms with Gasteiger partial charge in [0.1, 0.15) is 0 Å². The number of hydrogen-bond acceptors (Lipinski definition) is 3. The Morgan fingerprint density at radius 2 is 2.35 bits per heavy atom. The minimum absolute atomic E-state index is 0.0554. The van der Waals surface area contributed by atoms with Crippen LogP contribution in [0, 0.1) is 0 Å². The number of halogens is 1. The summed E-state index contributed by atoms with van der Waals surface area (Å²) in [6.45, 7) is 1.93. The lowest BCUT2D eigenvalue weighted by Crippen LogP contribution is -2.25. The van der Waals surface area contributed by atoms with Crippen molar-refractivity contribution in [3.05, 3.63) is 39.3 Å². The summed E-state index contributed by atoms with van der Waals surface area (Å²) in [6.07, 6.45) is 3.23. The molecular formula is C11H12ClN3OS. The van der Waals surface area contributed by atoms with Crippen molar-refractivity contribution in [2.45, 2.75) is 13.0 Å². The summed E-state index contributed by atoms with van der Waals surface area (Å²) in [5.74, 6) is -0.130. The lowest BCUT2D eigenvalue weighted by Gasteiger charge is -2.10. The molecule has 0 aromatic carbocycles. The van der Waals surface area contributed by atoms with E-state index < -0.39 is 0 Å². The zero-order valence-electron chi connectivity index (χ0n) is 9.48. The normalized spacial score (nSPS) is 12.4. The van der Waals surface area contributed by atoms with Gasteiger partial charge in [0, 0.05) is 18.1 Å². The van der Waals surface area contributed by atoms with Crippen LogP contribution in [0.15, 0.2) is 24.5 Å². The van der Waals surface area contributed by atoms with Crippen LogP contribution in [0.25, 0.3) is 0 Å². The first-order chi connectivity index (χ1) is 8.06. The van der Waals surface area contributed by atoms with Gasteiger partial charge in [0.25, 0.3) is 5.91 Å². The summed E-state index contributed by atoms with van der Waals surface area (Å²) in [4.78, 5) is 12.9. The van der Waals surface area contributed by atoms with Crippen molar-refractivity contribution in [3.63, 3.8) is 0 Å². The monoisotopic (exact) mass is 269 g/mol. The highest BCUT2D eigenvalue weighted by Gasteiger charge is 2.14. The molecule has 2 heterocycles. The molecule has 0 spiro atoms. The van der Waals surface area contributed by atoms with Gasteiger partial charge in [-0.2, -0.15) is 5.10 Å². The van der Waals surface area contributed by atoms with Crippen LogP contribution in [-0.4, -0.2) is 15.7 Å². The molecule has 1 N–H and O–H groups in total. The average molecular weight is 270 g/mol. The Morgan fingerprint density at radius 1 is 1.59 bits per heavy atom. The number of carbonyl (C=O) groups is 1. The fourth-order valence-electron chi connectivity index (χ4n) is 1.45. The zero-order chi connectivity index (χ0) is 12.4. The topological polar surface area (TPSA) is 46.9 Å². The molecule has 0 aliphatic heterocycles. The molecule has 17 heavy (non-hydrogen) atoms. The Morgan fingerprint density at radius 3 is 2.88 bits per heavy atom. The first-order valence-corrected chi connectivity index (χ1v) is 6.30. The molecule has 1 atom stereocenters. The fraction of sp³-hybridized carbons (Fsp3) is 0.273. The van der Waals surface area contributed by atoms with E-state index in [1.807, 2.05) is 19.1 Å². The molecule has 0 saturated carbocycles. The number of nitrogens with zero attached hydrogens (tertiary/aromatic N) is 2. The molecular weight excluding hydrogens is 258 g/mol. The maximum absolute atomic E-state index is 11.9. The Labute approximate surface area is 108 Å². The Kier molecular flexibility index (Phi) is 3.49. The lowest BCUT2D eigenvalue weighted by molar-refractivity contribution is 0.0940. The Hall–Kier alpha value is -1.33. The van der Waals surface area contributed by atoms with Gasteiger partial charge in [0.15, 0.2) is 0 Å². The Bertz CT molecular complexity index is 534. The van der Waals surface area contributed by atoms with Gasteiger partial charge in [-0.05, 0) is 19.1 Å². The summed E-state index contributed by atoms with van der Waals surface area (Å²) < 4.78 is 2.32. The Balaban J connectivity index is 2.04. The van der Waals surface area contributed by atoms with E-state index in [0.717, 1.165) is 9.21 Å². The van der Waals surface area contributed by atoms with Crippen LogP contribution in [0.1, 0.15) is 28.2 Å². The molecule has 0 aliphatic carbocycles. The van der Waals surface area contributed by atoms with Crippen molar-refractivity contribution in [3.8, 4) is 0 Å². The molecule has 0 unspecified atom stereocenters. The highest BCUT2D eigenvalue weighted by Crippen LogP contribution is 2.26. The van der Waals surface area contributed by atoms with E-state index >= 15 is 0 Å². The minimum atomic E-state index is -0.130. The van der Waals surface area contributed by atoms with Gasteiger partial charge < -0.3 is 5.32 Å². The molecule has 4 nitrogen and oxygen atoms in total. The number of aromatic nitrogens is 2. The van der Waals surface area contributed by atoms with Crippen LogP contribution in [0.4, 0.5) is 0 Å². The van der Waals surface area contributed by atoms with E-state index in [1.165, 1.54) is 11.3 Å². The highest BCUT2D eigenvalue weighted by molar-refractivity contribution is 7.16.